The van der Waals surface area contributed by atoms with Crippen molar-refractivity contribution in [2.24, 2.45) is 0 Å². The number of ether oxygens (including phenoxy) is 2. The molecule has 0 saturated carbocycles. The Morgan fingerprint density at radius 3 is 1.14 bits per heavy atom. The summed E-state index contributed by atoms with van der Waals surface area (Å²) >= 11 is 0. The van der Waals surface area contributed by atoms with Gasteiger partial charge in [0.15, 0.2) is 6.29 Å². The quantitative estimate of drug-likeness (QED) is 0.0261. The number of carbonyl (C=O) groups excluding carboxylic acids is 1. The van der Waals surface area contributed by atoms with Gasteiger partial charge in [0.05, 0.1) is 25.4 Å². The smallest absolute Gasteiger partial charge is 0.220 e. The lowest BCUT2D eigenvalue weighted by Crippen LogP contribution is -2.60. The largest absolute Gasteiger partial charge is 0.394 e. The lowest BCUT2D eigenvalue weighted by Gasteiger charge is -2.40. The van der Waals surface area contributed by atoms with Gasteiger partial charge in [-0.25, -0.2) is 0 Å². The van der Waals surface area contributed by atoms with Gasteiger partial charge in [-0.3, -0.25) is 4.79 Å². The van der Waals surface area contributed by atoms with Crippen molar-refractivity contribution in [2.75, 3.05) is 13.2 Å². The highest BCUT2D eigenvalue weighted by molar-refractivity contribution is 5.76. The number of carbonyl (C=O) groups is 1. The van der Waals surface area contributed by atoms with E-state index >= 15 is 0 Å². The first-order valence-electron chi connectivity index (χ1n) is 32.6. The summed E-state index contributed by atoms with van der Waals surface area (Å²) in [6.07, 6.45) is 84.9. The molecule has 1 aliphatic rings. The van der Waals surface area contributed by atoms with Gasteiger partial charge < -0.3 is 40.3 Å². The molecule has 0 aromatic heterocycles. The van der Waals surface area contributed by atoms with Crippen LogP contribution in [-0.4, -0.2) is 87.5 Å². The fourth-order valence-electron chi connectivity index (χ4n) is 9.34. The Labute approximate surface area is 495 Å². The van der Waals surface area contributed by atoms with Crippen LogP contribution in [0.2, 0.25) is 0 Å². The summed E-state index contributed by atoms with van der Waals surface area (Å²) < 4.78 is 11.3. The second kappa shape index (κ2) is 59.2. The van der Waals surface area contributed by atoms with Gasteiger partial charge in [0.1, 0.15) is 24.4 Å². The standard InChI is InChI=1S/C72H119NO8/c1-3-5-7-9-11-13-15-17-19-21-23-25-26-27-28-29-30-31-32-33-34-35-36-37-38-39-40-42-44-46-48-50-52-54-56-58-60-62-68(76)73-65(64-80-72-71(79)70(78)69(77)67(63-74)81-72)66(75)61-59-57-55-53-51-49-47-45-43-41-24-22-20-18-16-14-12-10-8-6-4-2/h5,7,11,13,17,19,23,25,27-28,30-31,33-34,36-37,39-40,44,46,50,52,59,61,65-67,69-72,74-75,77-79H,3-4,6,8-10,12,14-16,18,20-22,24,26,29,32,35,38,41-43,45,47-49,51,53-58,60,62-64H2,1-2H3,(H,73,76)/b7-5-,13-11-,19-17-,25-23-,28-27-,31-30-,34-33-,37-36-,40-39-,46-44-,52-50-,61-59+. The SMILES string of the molecule is CC/C=C\C/C=C\C/C=C\C/C=C\C/C=C\C/C=C\C/C=C\C/C=C\C/C=C\C/C=C\C/C=C\CCCCCC(=O)NC(COC1OC(CO)C(O)C(O)C1O)C(O)/C=C/CCCCCCCCCCCCCCCCCCCCC. The van der Waals surface area contributed by atoms with Crippen LogP contribution in [0.25, 0.3) is 0 Å². The summed E-state index contributed by atoms with van der Waals surface area (Å²) in [5.41, 5.74) is 0. The minimum atomic E-state index is -1.58. The van der Waals surface area contributed by atoms with Crippen molar-refractivity contribution in [1.29, 1.82) is 0 Å². The van der Waals surface area contributed by atoms with Gasteiger partial charge >= 0.3 is 0 Å². The van der Waals surface area contributed by atoms with E-state index in [9.17, 15) is 30.3 Å². The molecule has 0 radical (unpaired) electrons. The molecule has 0 aliphatic carbocycles. The number of unbranched alkanes of at least 4 members (excludes halogenated alkanes) is 22. The number of aliphatic hydroxyl groups is 5. The summed E-state index contributed by atoms with van der Waals surface area (Å²) in [6.45, 7) is 3.65. The van der Waals surface area contributed by atoms with Gasteiger partial charge in [-0.2, -0.15) is 0 Å². The molecule has 6 N–H and O–H groups in total. The van der Waals surface area contributed by atoms with Crippen LogP contribution in [0.4, 0.5) is 0 Å². The molecule has 7 atom stereocenters. The molecule has 1 fully saturated rings. The number of aliphatic hydroxyl groups excluding tert-OH is 5. The van der Waals surface area contributed by atoms with Gasteiger partial charge in [-0.1, -0.05) is 282 Å². The van der Waals surface area contributed by atoms with E-state index in [1.54, 1.807) is 6.08 Å². The fourth-order valence-corrected chi connectivity index (χ4v) is 9.34. The van der Waals surface area contributed by atoms with E-state index in [1.807, 2.05) is 6.08 Å². The van der Waals surface area contributed by atoms with E-state index in [-0.39, 0.29) is 12.5 Å². The predicted molar refractivity (Wildman–Crippen MR) is 345 cm³/mol. The molecule has 9 nitrogen and oxygen atoms in total. The van der Waals surface area contributed by atoms with Crippen molar-refractivity contribution in [3.63, 3.8) is 0 Å². The van der Waals surface area contributed by atoms with E-state index in [0.29, 0.717) is 12.8 Å². The maximum atomic E-state index is 13.1. The Balaban J connectivity index is 2.23. The number of nitrogens with one attached hydrogen (secondary N) is 1. The van der Waals surface area contributed by atoms with Crippen LogP contribution in [-0.2, 0) is 14.3 Å². The van der Waals surface area contributed by atoms with Crippen molar-refractivity contribution in [3.8, 4) is 0 Å². The van der Waals surface area contributed by atoms with Gasteiger partial charge in [-0.15, -0.1) is 0 Å². The zero-order valence-corrected chi connectivity index (χ0v) is 51.2. The zero-order valence-electron chi connectivity index (χ0n) is 51.2. The Bertz CT molecular complexity index is 1780. The number of hydrogen-bond acceptors (Lipinski definition) is 8. The second-order valence-corrected chi connectivity index (χ2v) is 21.8. The third kappa shape index (κ3) is 48.2. The normalized spacial score (nSPS) is 19.4. The number of allylic oxidation sites excluding steroid dienone is 23. The first kappa shape index (κ1) is 75.1. The molecule has 1 amide bonds. The Kier molecular flexibility index (Phi) is 54.9. The van der Waals surface area contributed by atoms with Crippen molar-refractivity contribution < 1.29 is 39.8 Å². The van der Waals surface area contributed by atoms with Crippen LogP contribution < -0.4 is 5.32 Å². The van der Waals surface area contributed by atoms with Gasteiger partial charge in [0, 0.05) is 6.42 Å². The average Bonchev–Trinajstić information content (AvgIpc) is 3.49. The minimum Gasteiger partial charge on any atom is -0.394 e. The van der Waals surface area contributed by atoms with Crippen molar-refractivity contribution in [1.82, 2.24) is 5.32 Å². The monoisotopic (exact) mass is 1130 g/mol. The molecule has 460 valence electrons. The van der Waals surface area contributed by atoms with E-state index in [1.165, 1.54) is 109 Å². The Hall–Kier alpha value is -3.93. The molecule has 0 aromatic carbocycles. The summed E-state index contributed by atoms with van der Waals surface area (Å²) in [5.74, 6) is -0.213. The summed E-state index contributed by atoms with van der Waals surface area (Å²) in [7, 11) is 0. The van der Waals surface area contributed by atoms with Crippen LogP contribution in [0.15, 0.2) is 146 Å². The van der Waals surface area contributed by atoms with E-state index < -0.39 is 49.5 Å². The molecule has 1 heterocycles. The lowest BCUT2D eigenvalue weighted by molar-refractivity contribution is -0.302. The van der Waals surface area contributed by atoms with E-state index in [0.717, 1.165) is 109 Å². The zero-order chi connectivity index (χ0) is 58.6. The molecule has 0 aromatic rings. The average molecular weight is 1130 g/mol. The van der Waals surface area contributed by atoms with Crippen molar-refractivity contribution >= 4 is 5.91 Å². The Morgan fingerprint density at radius 2 is 0.765 bits per heavy atom. The van der Waals surface area contributed by atoms with Gasteiger partial charge in [-0.05, 0) is 103 Å². The lowest BCUT2D eigenvalue weighted by atomic mass is 9.99. The third-order valence-corrected chi connectivity index (χ3v) is 14.4. The topological polar surface area (TPSA) is 149 Å². The summed E-state index contributed by atoms with van der Waals surface area (Å²) in [4.78, 5) is 13.1. The highest BCUT2D eigenvalue weighted by Crippen LogP contribution is 2.23. The molecule has 0 bridgehead atoms. The molecule has 9 heteroatoms. The van der Waals surface area contributed by atoms with E-state index in [4.69, 9.17) is 9.47 Å². The first-order valence-corrected chi connectivity index (χ1v) is 32.6. The van der Waals surface area contributed by atoms with Crippen molar-refractivity contribution in [3.05, 3.63) is 146 Å². The first-order chi connectivity index (χ1) is 39.8. The fraction of sp³-hybridized carbons (Fsp3) is 0.653. The number of hydrogen-bond donors (Lipinski definition) is 6. The number of rotatable bonds is 54. The highest BCUT2D eigenvalue weighted by Gasteiger charge is 2.44. The molecule has 7 unspecified atom stereocenters. The summed E-state index contributed by atoms with van der Waals surface area (Å²) in [6, 6.07) is -0.835. The van der Waals surface area contributed by atoms with Crippen LogP contribution >= 0.6 is 0 Å². The van der Waals surface area contributed by atoms with E-state index in [2.05, 4.69) is 153 Å². The summed E-state index contributed by atoms with van der Waals surface area (Å²) in [5, 5.41) is 54.6. The van der Waals surface area contributed by atoms with Gasteiger partial charge in [0.2, 0.25) is 5.91 Å². The number of amides is 1. The second-order valence-electron chi connectivity index (χ2n) is 21.8. The molecule has 0 spiro atoms. The third-order valence-electron chi connectivity index (χ3n) is 14.4. The highest BCUT2D eigenvalue weighted by atomic mass is 16.7. The van der Waals surface area contributed by atoms with Gasteiger partial charge in [0.25, 0.3) is 0 Å². The predicted octanol–water partition coefficient (Wildman–Crippen LogP) is 17.4. The van der Waals surface area contributed by atoms with Crippen LogP contribution in [0.3, 0.4) is 0 Å². The van der Waals surface area contributed by atoms with Crippen molar-refractivity contribution in [2.45, 2.75) is 288 Å². The molecule has 81 heavy (non-hydrogen) atoms. The van der Waals surface area contributed by atoms with Crippen LogP contribution in [0, 0.1) is 0 Å². The van der Waals surface area contributed by atoms with Crippen LogP contribution in [0.5, 0.6) is 0 Å². The maximum Gasteiger partial charge on any atom is 0.220 e. The maximum absolute atomic E-state index is 13.1. The molecule has 1 saturated heterocycles. The molecule has 1 rings (SSSR count). The molecular weight excluding hydrogens is 1010 g/mol. The minimum absolute atomic E-state index is 0.211. The van der Waals surface area contributed by atoms with Crippen LogP contribution in [0.1, 0.15) is 245 Å². The molecule has 1 aliphatic heterocycles. The Morgan fingerprint density at radius 1 is 0.432 bits per heavy atom. The molecular formula is C72H119NO8.